The third kappa shape index (κ3) is 4.33. The highest BCUT2D eigenvalue weighted by Gasteiger charge is 2.16. The molecule has 1 aliphatic heterocycles. The highest BCUT2D eigenvalue weighted by atomic mass is 35.5. The van der Waals surface area contributed by atoms with Crippen LogP contribution in [0.5, 0.6) is 11.5 Å². The number of benzene rings is 2. The average Bonchev–Trinajstić information content (AvgIpc) is 3.24. The number of carbonyl (C=O) groups is 2. The summed E-state index contributed by atoms with van der Waals surface area (Å²) >= 11 is 5.97. The molecule has 0 radical (unpaired) electrons. The van der Waals surface area contributed by atoms with Gasteiger partial charge in [0.25, 0.3) is 11.8 Å². The second-order valence-electron chi connectivity index (χ2n) is 7.57. The summed E-state index contributed by atoms with van der Waals surface area (Å²) < 4.78 is 11.0. The van der Waals surface area contributed by atoms with Crippen molar-refractivity contribution in [1.29, 1.82) is 0 Å². The Bertz CT molecular complexity index is 1400. The Labute approximate surface area is 193 Å². The van der Waals surface area contributed by atoms with Crippen molar-refractivity contribution in [3.05, 3.63) is 76.6 Å². The SMILES string of the molecule is Cc1ccc(NC(=O)c2ccc3c(c2)OCCO3)cc1NC(=O)c1cc2cc(Cl)cnc2[nH]1. The minimum absolute atomic E-state index is 0.299. The third-order valence-corrected chi connectivity index (χ3v) is 5.44. The number of amides is 2. The molecule has 33 heavy (non-hydrogen) atoms. The molecule has 0 aliphatic carbocycles. The number of nitrogens with zero attached hydrogens (tertiary/aromatic N) is 1. The highest BCUT2D eigenvalue weighted by Crippen LogP contribution is 2.31. The van der Waals surface area contributed by atoms with Crippen LogP contribution in [0.15, 0.2) is 54.7 Å². The molecule has 3 heterocycles. The zero-order valence-corrected chi connectivity index (χ0v) is 18.3. The van der Waals surface area contributed by atoms with Crippen molar-refractivity contribution >= 4 is 45.8 Å². The minimum Gasteiger partial charge on any atom is -0.486 e. The molecule has 0 unspecified atom stereocenters. The van der Waals surface area contributed by atoms with Crippen molar-refractivity contribution in [2.24, 2.45) is 0 Å². The van der Waals surface area contributed by atoms with Gasteiger partial charge < -0.3 is 25.1 Å². The van der Waals surface area contributed by atoms with Crippen molar-refractivity contribution < 1.29 is 19.1 Å². The number of hydrogen-bond donors (Lipinski definition) is 3. The van der Waals surface area contributed by atoms with Gasteiger partial charge >= 0.3 is 0 Å². The van der Waals surface area contributed by atoms with E-state index in [-0.39, 0.29) is 11.8 Å². The van der Waals surface area contributed by atoms with Crippen LogP contribution >= 0.6 is 11.6 Å². The molecule has 0 fully saturated rings. The maximum Gasteiger partial charge on any atom is 0.272 e. The molecule has 4 aromatic rings. The van der Waals surface area contributed by atoms with E-state index in [1.54, 1.807) is 42.5 Å². The largest absolute Gasteiger partial charge is 0.486 e. The lowest BCUT2D eigenvalue weighted by atomic mass is 10.1. The van der Waals surface area contributed by atoms with Gasteiger partial charge in [-0.25, -0.2) is 4.98 Å². The molecule has 1 aliphatic rings. The monoisotopic (exact) mass is 462 g/mol. The number of H-pyrrole nitrogens is 1. The first kappa shape index (κ1) is 20.8. The predicted octanol–water partition coefficient (Wildman–Crippen LogP) is 4.80. The second kappa shape index (κ2) is 8.48. The van der Waals surface area contributed by atoms with Crippen LogP contribution in [0.4, 0.5) is 11.4 Å². The molecule has 0 atom stereocenters. The standard InChI is InChI=1S/C24H19ClN4O4/c1-13-2-4-17(27-23(30)14-3-5-20-21(10-14)33-7-6-32-20)11-18(13)29-24(31)19-9-15-8-16(25)12-26-22(15)28-19/h2-5,8-12H,6-7H2,1H3,(H,26,28)(H,27,30)(H,29,31). The van der Waals surface area contributed by atoms with E-state index in [0.717, 1.165) is 10.9 Å². The van der Waals surface area contributed by atoms with Crippen LogP contribution in [0.3, 0.4) is 0 Å². The summed E-state index contributed by atoms with van der Waals surface area (Å²) in [5, 5.41) is 6.96. The van der Waals surface area contributed by atoms with Crippen LogP contribution in [0, 0.1) is 6.92 Å². The third-order valence-electron chi connectivity index (χ3n) is 5.23. The van der Waals surface area contributed by atoms with E-state index in [2.05, 4.69) is 20.6 Å². The van der Waals surface area contributed by atoms with E-state index in [0.29, 0.717) is 58.0 Å². The number of hydrogen-bond acceptors (Lipinski definition) is 5. The molecule has 0 bridgehead atoms. The van der Waals surface area contributed by atoms with E-state index in [1.807, 2.05) is 13.0 Å². The van der Waals surface area contributed by atoms with E-state index in [4.69, 9.17) is 21.1 Å². The van der Waals surface area contributed by atoms with Gasteiger partial charge in [0.05, 0.1) is 5.02 Å². The summed E-state index contributed by atoms with van der Waals surface area (Å²) in [5.41, 5.74) is 3.32. The second-order valence-corrected chi connectivity index (χ2v) is 8.01. The summed E-state index contributed by atoms with van der Waals surface area (Å²) in [5.74, 6) is 0.529. The molecule has 2 amide bonds. The van der Waals surface area contributed by atoms with Crippen LogP contribution in [0.25, 0.3) is 11.0 Å². The van der Waals surface area contributed by atoms with Gasteiger partial charge in [-0.15, -0.1) is 0 Å². The Kier molecular flexibility index (Phi) is 5.35. The number of rotatable bonds is 4. The van der Waals surface area contributed by atoms with Crippen LogP contribution in [0.2, 0.25) is 5.02 Å². The zero-order valence-electron chi connectivity index (χ0n) is 17.6. The molecule has 8 nitrogen and oxygen atoms in total. The first-order chi connectivity index (χ1) is 16.0. The average molecular weight is 463 g/mol. The van der Waals surface area contributed by atoms with Gasteiger partial charge in [-0.05, 0) is 55.0 Å². The minimum atomic E-state index is -0.331. The van der Waals surface area contributed by atoms with Crippen LogP contribution in [0.1, 0.15) is 26.4 Å². The lowest BCUT2D eigenvalue weighted by Crippen LogP contribution is -2.17. The maximum absolute atomic E-state index is 12.8. The van der Waals surface area contributed by atoms with Crippen molar-refractivity contribution in [1.82, 2.24) is 9.97 Å². The Balaban J connectivity index is 1.33. The first-order valence-electron chi connectivity index (χ1n) is 10.2. The lowest BCUT2D eigenvalue weighted by molar-refractivity contribution is 0.101. The summed E-state index contributed by atoms with van der Waals surface area (Å²) in [4.78, 5) is 32.7. The Morgan fingerprint density at radius 3 is 2.64 bits per heavy atom. The molecule has 5 rings (SSSR count). The number of aryl methyl sites for hydroxylation is 1. The number of anilines is 2. The number of fused-ring (bicyclic) bond motifs is 2. The molecule has 0 saturated carbocycles. The van der Waals surface area contributed by atoms with Gasteiger partial charge in [-0.3, -0.25) is 9.59 Å². The molecule has 0 spiro atoms. The van der Waals surface area contributed by atoms with E-state index in [9.17, 15) is 9.59 Å². The van der Waals surface area contributed by atoms with Crippen LogP contribution < -0.4 is 20.1 Å². The first-order valence-corrected chi connectivity index (χ1v) is 10.6. The molecule has 166 valence electrons. The van der Waals surface area contributed by atoms with Crippen molar-refractivity contribution in [2.45, 2.75) is 6.92 Å². The number of ether oxygens (including phenoxy) is 2. The number of aromatic nitrogens is 2. The topological polar surface area (TPSA) is 105 Å². The molecular formula is C24H19ClN4O4. The fourth-order valence-corrected chi connectivity index (χ4v) is 3.69. The molecule has 2 aromatic carbocycles. The summed E-state index contributed by atoms with van der Waals surface area (Å²) in [6.07, 6.45) is 1.51. The lowest BCUT2D eigenvalue weighted by Gasteiger charge is -2.18. The molecule has 2 aromatic heterocycles. The quantitative estimate of drug-likeness (QED) is 0.404. The fourth-order valence-electron chi connectivity index (χ4n) is 3.52. The predicted molar refractivity (Wildman–Crippen MR) is 126 cm³/mol. The van der Waals surface area contributed by atoms with Gasteiger partial charge in [0.15, 0.2) is 11.5 Å². The molecular weight excluding hydrogens is 444 g/mol. The number of carbonyl (C=O) groups excluding carboxylic acids is 2. The van der Waals surface area contributed by atoms with Gasteiger partial charge in [-0.1, -0.05) is 17.7 Å². The zero-order chi connectivity index (χ0) is 22.9. The summed E-state index contributed by atoms with van der Waals surface area (Å²) in [7, 11) is 0. The summed E-state index contributed by atoms with van der Waals surface area (Å²) in [6.45, 7) is 2.80. The van der Waals surface area contributed by atoms with E-state index < -0.39 is 0 Å². The van der Waals surface area contributed by atoms with E-state index >= 15 is 0 Å². The van der Waals surface area contributed by atoms with Gasteiger partial charge in [-0.2, -0.15) is 0 Å². The van der Waals surface area contributed by atoms with Gasteiger partial charge in [0.2, 0.25) is 0 Å². The Hall–Kier alpha value is -4.04. The molecule has 0 saturated heterocycles. The van der Waals surface area contributed by atoms with Crippen molar-refractivity contribution in [3.8, 4) is 11.5 Å². The van der Waals surface area contributed by atoms with Crippen LogP contribution in [-0.4, -0.2) is 35.0 Å². The van der Waals surface area contributed by atoms with Gasteiger partial charge in [0, 0.05) is 28.5 Å². The van der Waals surface area contributed by atoms with Gasteiger partial charge in [0.1, 0.15) is 24.6 Å². The van der Waals surface area contributed by atoms with E-state index in [1.165, 1.54) is 6.20 Å². The highest BCUT2D eigenvalue weighted by molar-refractivity contribution is 6.31. The number of aromatic amines is 1. The van der Waals surface area contributed by atoms with Crippen molar-refractivity contribution in [3.63, 3.8) is 0 Å². The number of nitrogens with one attached hydrogen (secondary N) is 3. The number of pyridine rings is 1. The molecule has 9 heteroatoms. The fraction of sp³-hybridized carbons (Fsp3) is 0.125. The van der Waals surface area contributed by atoms with Crippen molar-refractivity contribution in [2.75, 3.05) is 23.8 Å². The van der Waals surface area contributed by atoms with Crippen LogP contribution in [-0.2, 0) is 0 Å². The normalized spacial score (nSPS) is 12.4. The Morgan fingerprint density at radius 2 is 1.79 bits per heavy atom. The summed E-state index contributed by atoms with van der Waals surface area (Å²) in [6, 6.07) is 13.8. The maximum atomic E-state index is 12.8. The smallest absolute Gasteiger partial charge is 0.272 e. The Morgan fingerprint density at radius 1 is 0.970 bits per heavy atom. The molecule has 3 N–H and O–H groups in total. The number of halogens is 1.